The highest BCUT2D eigenvalue weighted by atomic mass is 32.2. The van der Waals surface area contributed by atoms with E-state index in [0.29, 0.717) is 16.1 Å². The fraction of sp³-hybridized carbons (Fsp3) is 0.286. The Kier molecular flexibility index (Phi) is 5.46. The molecule has 0 spiro atoms. The molecule has 0 bridgehead atoms. The van der Waals surface area contributed by atoms with Crippen molar-refractivity contribution in [3.63, 3.8) is 0 Å². The van der Waals surface area contributed by atoms with Gasteiger partial charge < -0.3 is 0 Å². The lowest BCUT2D eigenvalue weighted by molar-refractivity contribution is -0.123. The molecule has 0 atom stereocenters. The predicted octanol–water partition coefficient (Wildman–Crippen LogP) is 4.29. The lowest BCUT2D eigenvalue weighted by atomic mass is 9.92. The van der Waals surface area contributed by atoms with E-state index < -0.39 is 5.41 Å². The van der Waals surface area contributed by atoms with E-state index in [0.717, 1.165) is 5.56 Å². The molecule has 4 nitrogen and oxygen atoms in total. The van der Waals surface area contributed by atoms with E-state index in [-0.39, 0.29) is 29.5 Å². The molecule has 2 aromatic carbocycles. The van der Waals surface area contributed by atoms with E-state index in [1.54, 1.807) is 34.9 Å². The number of rotatable bonds is 5. The van der Waals surface area contributed by atoms with Crippen LogP contribution in [-0.2, 0) is 11.3 Å². The van der Waals surface area contributed by atoms with Crippen LogP contribution >= 0.6 is 11.8 Å². The van der Waals surface area contributed by atoms with E-state index in [1.165, 1.54) is 23.9 Å². The van der Waals surface area contributed by atoms with Crippen molar-refractivity contribution in [3.8, 4) is 0 Å². The van der Waals surface area contributed by atoms with Crippen LogP contribution in [0, 0.1) is 11.2 Å². The van der Waals surface area contributed by atoms with Crippen LogP contribution in [0.3, 0.4) is 0 Å². The second kappa shape index (κ2) is 7.64. The molecule has 27 heavy (non-hydrogen) atoms. The third-order valence-corrected chi connectivity index (χ3v) is 5.23. The monoisotopic (exact) mass is 384 g/mol. The lowest BCUT2D eigenvalue weighted by Crippen LogP contribution is -2.26. The number of Topliss-reactive ketones (excluding diaryl/α,β-unsaturated/α-hetero) is 1. The van der Waals surface area contributed by atoms with Gasteiger partial charge in [0.05, 0.1) is 23.2 Å². The predicted molar refractivity (Wildman–Crippen MR) is 107 cm³/mol. The molecule has 0 saturated heterocycles. The van der Waals surface area contributed by atoms with Crippen LogP contribution in [0.15, 0.2) is 58.5 Å². The zero-order valence-corrected chi connectivity index (χ0v) is 16.3. The number of aromatic nitrogens is 2. The second-order valence-corrected chi connectivity index (χ2v) is 8.33. The van der Waals surface area contributed by atoms with Gasteiger partial charge in [-0.15, -0.1) is 0 Å². The maximum absolute atomic E-state index is 13.2. The quantitative estimate of drug-likeness (QED) is 0.486. The first-order chi connectivity index (χ1) is 12.8. The average Bonchev–Trinajstić information content (AvgIpc) is 2.63. The number of hydrogen-bond acceptors (Lipinski definition) is 4. The van der Waals surface area contributed by atoms with Crippen molar-refractivity contribution in [2.24, 2.45) is 5.41 Å². The number of benzene rings is 2. The normalized spacial score (nSPS) is 11.7. The molecule has 1 heterocycles. The molecule has 0 unspecified atom stereocenters. The summed E-state index contributed by atoms with van der Waals surface area (Å²) in [6.07, 6.45) is 0. The molecule has 0 N–H and O–H groups in total. The molecule has 3 rings (SSSR count). The van der Waals surface area contributed by atoms with Crippen LogP contribution in [0.1, 0.15) is 26.3 Å². The molecular weight excluding hydrogens is 363 g/mol. The van der Waals surface area contributed by atoms with Crippen molar-refractivity contribution >= 4 is 28.4 Å². The van der Waals surface area contributed by atoms with E-state index in [4.69, 9.17) is 0 Å². The third kappa shape index (κ3) is 4.45. The summed E-state index contributed by atoms with van der Waals surface area (Å²) < 4.78 is 14.7. The number of fused-ring (bicyclic) bond motifs is 1. The Balaban J connectivity index is 2.02. The van der Waals surface area contributed by atoms with Gasteiger partial charge in [0.1, 0.15) is 11.6 Å². The van der Waals surface area contributed by atoms with Gasteiger partial charge in [0.25, 0.3) is 5.56 Å². The molecule has 0 saturated carbocycles. The molecule has 3 aromatic rings. The fourth-order valence-electron chi connectivity index (χ4n) is 2.52. The smallest absolute Gasteiger partial charge is 0.262 e. The van der Waals surface area contributed by atoms with E-state index in [2.05, 4.69) is 4.98 Å². The van der Waals surface area contributed by atoms with Crippen LogP contribution < -0.4 is 5.56 Å². The molecule has 6 heteroatoms. The van der Waals surface area contributed by atoms with Crippen molar-refractivity contribution in [2.75, 3.05) is 5.75 Å². The van der Waals surface area contributed by atoms with Crippen molar-refractivity contribution < 1.29 is 9.18 Å². The van der Waals surface area contributed by atoms with Crippen LogP contribution in [0.5, 0.6) is 0 Å². The highest BCUT2D eigenvalue weighted by Crippen LogP contribution is 2.23. The molecule has 0 amide bonds. The van der Waals surface area contributed by atoms with Gasteiger partial charge in [-0.2, -0.15) is 0 Å². The summed E-state index contributed by atoms with van der Waals surface area (Å²) in [7, 11) is 0. The standard InChI is InChI=1S/C21H21FN2O2S/c1-21(2,3)18(25)13-27-20-23-17-7-5-4-6-16(17)19(26)24(20)12-14-8-10-15(22)11-9-14/h4-11H,12-13H2,1-3H3. The second-order valence-electron chi connectivity index (χ2n) is 7.39. The number of halogens is 1. The summed E-state index contributed by atoms with van der Waals surface area (Å²) in [5, 5.41) is 1.01. The summed E-state index contributed by atoms with van der Waals surface area (Å²) in [5.74, 6) is -0.00567. The Hall–Kier alpha value is -2.47. The minimum absolute atomic E-state index is 0.0863. The number of ketones is 1. The molecule has 0 aliphatic carbocycles. The summed E-state index contributed by atoms with van der Waals surface area (Å²) in [4.78, 5) is 29.9. The Morgan fingerprint density at radius 3 is 2.44 bits per heavy atom. The maximum atomic E-state index is 13.2. The van der Waals surface area contributed by atoms with Crippen molar-refractivity contribution in [1.82, 2.24) is 9.55 Å². The van der Waals surface area contributed by atoms with Gasteiger partial charge in [0, 0.05) is 5.41 Å². The van der Waals surface area contributed by atoms with Gasteiger partial charge in [-0.25, -0.2) is 9.37 Å². The SMILES string of the molecule is CC(C)(C)C(=O)CSc1nc2ccccc2c(=O)n1Cc1ccc(F)cc1. The number of nitrogens with zero attached hydrogens (tertiary/aromatic N) is 2. The van der Waals surface area contributed by atoms with Crippen molar-refractivity contribution in [3.05, 3.63) is 70.3 Å². The van der Waals surface area contributed by atoms with E-state index in [9.17, 15) is 14.0 Å². The Morgan fingerprint density at radius 2 is 1.78 bits per heavy atom. The number of carbonyl (C=O) groups excluding carboxylic acids is 1. The fourth-order valence-corrected chi connectivity index (χ4v) is 3.68. The van der Waals surface area contributed by atoms with Crippen LogP contribution in [-0.4, -0.2) is 21.1 Å². The Labute approximate surface area is 161 Å². The minimum Gasteiger partial charge on any atom is -0.298 e. The number of carbonyl (C=O) groups is 1. The summed E-state index contributed by atoms with van der Waals surface area (Å²) in [5.41, 5.74) is 0.769. The average molecular weight is 384 g/mol. The van der Waals surface area contributed by atoms with E-state index in [1.807, 2.05) is 26.8 Å². The van der Waals surface area contributed by atoms with Crippen molar-refractivity contribution in [2.45, 2.75) is 32.5 Å². The Bertz CT molecular complexity index is 1040. The summed E-state index contributed by atoms with van der Waals surface area (Å²) >= 11 is 1.26. The highest BCUT2D eigenvalue weighted by Gasteiger charge is 2.22. The zero-order valence-electron chi connectivity index (χ0n) is 15.5. The van der Waals surface area contributed by atoms with Gasteiger partial charge in [-0.05, 0) is 29.8 Å². The van der Waals surface area contributed by atoms with Crippen LogP contribution in [0.4, 0.5) is 4.39 Å². The Morgan fingerprint density at radius 1 is 1.11 bits per heavy atom. The topological polar surface area (TPSA) is 52.0 Å². The first-order valence-corrected chi connectivity index (χ1v) is 9.64. The minimum atomic E-state index is -0.452. The molecule has 140 valence electrons. The van der Waals surface area contributed by atoms with Crippen molar-refractivity contribution in [1.29, 1.82) is 0 Å². The van der Waals surface area contributed by atoms with Crippen LogP contribution in [0.2, 0.25) is 0 Å². The lowest BCUT2D eigenvalue weighted by Gasteiger charge is -2.17. The van der Waals surface area contributed by atoms with Gasteiger partial charge in [0.2, 0.25) is 0 Å². The van der Waals surface area contributed by atoms with Gasteiger partial charge in [-0.3, -0.25) is 14.2 Å². The van der Waals surface area contributed by atoms with Crippen LogP contribution in [0.25, 0.3) is 10.9 Å². The van der Waals surface area contributed by atoms with Gasteiger partial charge in [0.15, 0.2) is 5.16 Å². The number of thioether (sulfide) groups is 1. The summed E-state index contributed by atoms with van der Waals surface area (Å²) in [6, 6.07) is 13.2. The highest BCUT2D eigenvalue weighted by molar-refractivity contribution is 7.99. The third-order valence-electron chi connectivity index (χ3n) is 4.25. The first-order valence-electron chi connectivity index (χ1n) is 8.66. The molecule has 0 fully saturated rings. The summed E-state index contributed by atoms with van der Waals surface area (Å²) in [6.45, 7) is 5.88. The van der Waals surface area contributed by atoms with Gasteiger partial charge >= 0.3 is 0 Å². The molecule has 0 radical (unpaired) electrons. The maximum Gasteiger partial charge on any atom is 0.262 e. The van der Waals surface area contributed by atoms with Gasteiger partial charge in [-0.1, -0.05) is 56.8 Å². The zero-order chi connectivity index (χ0) is 19.6. The first kappa shape index (κ1) is 19.3. The molecule has 0 aliphatic rings. The van der Waals surface area contributed by atoms with E-state index >= 15 is 0 Å². The number of para-hydroxylation sites is 1. The largest absolute Gasteiger partial charge is 0.298 e. The molecular formula is C21H21FN2O2S. The molecule has 1 aromatic heterocycles. The molecule has 0 aliphatic heterocycles. The number of hydrogen-bond donors (Lipinski definition) is 0.